The molecule has 0 spiro atoms. The quantitative estimate of drug-likeness (QED) is 0.396. The first kappa shape index (κ1) is 20.5. The topological polar surface area (TPSA) is 20.3 Å². The third-order valence-corrected chi connectivity index (χ3v) is 12.7. The molecule has 0 radical (unpaired) electrons. The van der Waals surface area contributed by atoms with Crippen LogP contribution >= 0.6 is 0 Å². The number of hydrogen-bond acceptors (Lipinski definition) is 1. The highest BCUT2D eigenvalue weighted by Gasteiger charge is 2.41. The number of likely N-dealkylation sites (tertiary alicyclic amines) is 1. The van der Waals surface area contributed by atoms with E-state index in [0.29, 0.717) is 22.5 Å². The summed E-state index contributed by atoms with van der Waals surface area (Å²) in [5.41, 5.74) is 5.68. The molecule has 0 unspecified atom stereocenters. The Hall–Kier alpha value is -0.573. The summed E-state index contributed by atoms with van der Waals surface area (Å²) in [5, 5.41) is 0. The van der Waals surface area contributed by atoms with Gasteiger partial charge >= 0.3 is 0 Å². The first-order chi connectivity index (χ1) is 10.8. The van der Waals surface area contributed by atoms with Crippen LogP contribution in [0.25, 0.3) is 0 Å². The molecule has 0 aromatic carbocycles. The van der Waals surface area contributed by atoms with E-state index in [2.05, 4.69) is 59.1 Å². The second-order valence-corrected chi connectivity index (χ2v) is 14.0. The van der Waals surface area contributed by atoms with Crippen molar-refractivity contribution in [1.82, 2.24) is 4.90 Å². The van der Waals surface area contributed by atoms with Gasteiger partial charge in [-0.15, -0.1) is 0 Å². The van der Waals surface area contributed by atoms with Crippen LogP contribution in [0.4, 0.5) is 0 Å². The molecule has 1 amide bonds. The number of carbonyl (C=O) groups is 1. The van der Waals surface area contributed by atoms with Gasteiger partial charge in [0.25, 0.3) is 0 Å². The van der Waals surface area contributed by atoms with Crippen molar-refractivity contribution in [2.75, 3.05) is 13.1 Å². The number of carbonyl (C=O) groups excluding carboxylic acids is 1. The van der Waals surface area contributed by atoms with Gasteiger partial charge in [0.15, 0.2) is 0 Å². The number of nitrogens with zero attached hydrogens (tertiary/aromatic N) is 1. The molecule has 1 aliphatic heterocycles. The molecule has 1 rings (SSSR count). The van der Waals surface area contributed by atoms with Crippen LogP contribution < -0.4 is 0 Å². The fourth-order valence-electron chi connectivity index (χ4n) is 4.53. The SMILES string of the molecule is CCCC/C(=C/[Si](C(C)C)(C(C)C)C(C)C)C(=O)N1CCCC1. The molecule has 23 heavy (non-hydrogen) atoms. The summed E-state index contributed by atoms with van der Waals surface area (Å²) in [6.07, 6.45) is 5.60. The van der Waals surface area contributed by atoms with Gasteiger partial charge < -0.3 is 4.90 Å². The van der Waals surface area contributed by atoms with Crippen LogP contribution in [0.15, 0.2) is 11.3 Å². The molecule has 2 nitrogen and oxygen atoms in total. The standard InChI is InChI=1S/C20H39NOSi/c1-8-9-12-19(20(22)21-13-10-11-14-21)15-23(16(2)3,17(4)5)18(6)7/h15-18H,8-14H2,1-7H3/b19-15-. The van der Waals surface area contributed by atoms with Crippen molar-refractivity contribution in [2.24, 2.45) is 0 Å². The summed E-state index contributed by atoms with van der Waals surface area (Å²) in [6, 6.07) is 0. The van der Waals surface area contributed by atoms with E-state index in [4.69, 9.17) is 0 Å². The zero-order valence-corrected chi connectivity index (χ0v) is 17.6. The minimum Gasteiger partial charge on any atom is -0.339 e. The number of amides is 1. The summed E-state index contributed by atoms with van der Waals surface area (Å²) >= 11 is 0. The van der Waals surface area contributed by atoms with Crippen molar-refractivity contribution < 1.29 is 4.79 Å². The zero-order chi connectivity index (χ0) is 17.6. The van der Waals surface area contributed by atoms with Gasteiger partial charge in [-0.25, -0.2) is 0 Å². The van der Waals surface area contributed by atoms with Crippen LogP contribution in [0.1, 0.15) is 80.6 Å². The molecule has 3 heteroatoms. The molecule has 0 bridgehead atoms. The number of rotatable bonds is 8. The molecule has 0 aliphatic carbocycles. The van der Waals surface area contributed by atoms with E-state index in [1.165, 1.54) is 12.8 Å². The number of hydrogen-bond donors (Lipinski definition) is 0. The minimum absolute atomic E-state index is 0.342. The first-order valence-electron chi connectivity index (χ1n) is 9.78. The Kier molecular flexibility index (Phi) is 8.06. The highest BCUT2D eigenvalue weighted by atomic mass is 28.3. The Bertz CT molecular complexity index is 384. The van der Waals surface area contributed by atoms with Gasteiger partial charge in [-0.3, -0.25) is 4.79 Å². The van der Waals surface area contributed by atoms with Crippen LogP contribution in [0.5, 0.6) is 0 Å². The Balaban J connectivity index is 3.23. The lowest BCUT2D eigenvalue weighted by Crippen LogP contribution is -2.44. The zero-order valence-electron chi connectivity index (χ0n) is 16.6. The third kappa shape index (κ3) is 4.71. The smallest absolute Gasteiger partial charge is 0.249 e. The molecule has 0 N–H and O–H groups in total. The van der Waals surface area contributed by atoms with Crippen molar-refractivity contribution in [3.05, 3.63) is 11.3 Å². The second kappa shape index (κ2) is 9.05. The van der Waals surface area contributed by atoms with E-state index in [1.54, 1.807) is 0 Å². The highest BCUT2D eigenvalue weighted by molar-refractivity contribution is 6.88. The van der Waals surface area contributed by atoms with Crippen LogP contribution in [0.3, 0.4) is 0 Å². The summed E-state index contributed by atoms with van der Waals surface area (Å²) in [6.45, 7) is 18.4. The summed E-state index contributed by atoms with van der Waals surface area (Å²) in [4.78, 5) is 15.2. The van der Waals surface area contributed by atoms with E-state index in [9.17, 15) is 4.79 Å². The molecular weight excluding hydrogens is 298 g/mol. The highest BCUT2D eigenvalue weighted by Crippen LogP contribution is 2.43. The van der Waals surface area contributed by atoms with Gasteiger partial charge in [0.1, 0.15) is 0 Å². The summed E-state index contributed by atoms with van der Waals surface area (Å²) in [7, 11) is -1.66. The van der Waals surface area contributed by atoms with E-state index < -0.39 is 8.07 Å². The molecule has 0 aromatic rings. The normalized spacial score (nSPS) is 17.0. The van der Waals surface area contributed by atoms with Crippen molar-refractivity contribution >= 4 is 14.0 Å². The van der Waals surface area contributed by atoms with Gasteiger partial charge in [-0.1, -0.05) is 60.6 Å². The summed E-state index contributed by atoms with van der Waals surface area (Å²) < 4.78 is 0. The van der Waals surface area contributed by atoms with E-state index in [-0.39, 0.29) is 0 Å². The molecule has 1 fully saturated rings. The van der Waals surface area contributed by atoms with Crippen molar-refractivity contribution in [3.63, 3.8) is 0 Å². The maximum Gasteiger partial charge on any atom is 0.249 e. The fourth-order valence-corrected chi connectivity index (χ4v) is 10.4. The second-order valence-electron chi connectivity index (χ2n) is 8.24. The monoisotopic (exact) mass is 337 g/mol. The lowest BCUT2D eigenvalue weighted by molar-refractivity contribution is -0.126. The molecule has 134 valence electrons. The first-order valence-corrected chi connectivity index (χ1v) is 12.1. The van der Waals surface area contributed by atoms with Crippen molar-refractivity contribution in [3.8, 4) is 0 Å². The van der Waals surface area contributed by atoms with Gasteiger partial charge in [-0.2, -0.15) is 0 Å². The molecule has 0 aromatic heterocycles. The molecule has 1 aliphatic rings. The van der Waals surface area contributed by atoms with Crippen LogP contribution in [0, 0.1) is 0 Å². The predicted molar refractivity (Wildman–Crippen MR) is 104 cm³/mol. The maximum absolute atomic E-state index is 13.1. The van der Waals surface area contributed by atoms with E-state index in [0.717, 1.165) is 37.9 Å². The van der Waals surface area contributed by atoms with E-state index >= 15 is 0 Å². The maximum atomic E-state index is 13.1. The van der Waals surface area contributed by atoms with Crippen molar-refractivity contribution in [1.29, 1.82) is 0 Å². The Morgan fingerprint density at radius 3 is 1.87 bits per heavy atom. The molecule has 1 heterocycles. The van der Waals surface area contributed by atoms with Gasteiger partial charge in [-0.05, 0) is 42.3 Å². The molecule has 0 atom stereocenters. The number of unbranched alkanes of at least 4 members (excludes halogenated alkanes) is 1. The van der Waals surface area contributed by atoms with Crippen molar-refractivity contribution in [2.45, 2.75) is 97.2 Å². The molecule has 1 saturated heterocycles. The van der Waals surface area contributed by atoms with Gasteiger partial charge in [0, 0.05) is 18.7 Å². The lowest BCUT2D eigenvalue weighted by atomic mass is 10.1. The average Bonchev–Trinajstić information content (AvgIpc) is 2.99. The Morgan fingerprint density at radius 2 is 1.48 bits per heavy atom. The van der Waals surface area contributed by atoms with Gasteiger partial charge in [0.2, 0.25) is 5.91 Å². The van der Waals surface area contributed by atoms with Gasteiger partial charge in [0.05, 0.1) is 8.07 Å². The van der Waals surface area contributed by atoms with Crippen LogP contribution in [-0.4, -0.2) is 32.0 Å². The fraction of sp³-hybridized carbons (Fsp3) is 0.850. The van der Waals surface area contributed by atoms with E-state index in [1.807, 2.05) is 0 Å². The van der Waals surface area contributed by atoms with Crippen LogP contribution in [0.2, 0.25) is 16.6 Å². The average molecular weight is 338 g/mol. The summed E-state index contributed by atoms with van der Waals surface area (Å²) in [5.74, 6) is 0.342. The Labute approximate surface area is 145 Å². The predicted octanol–water partition coefficient (Wildman–Crippen LogP) is 5.94. The molecule has 0 saturated carbocycles. The van der Waals surface area contributed by atoms with Crippen LogP contribution in [-0.2, 0) is 4.79 Å². The Morgan fingerprint density at radius 1 is 1.00 bits per heavy atom. The molecular formula is C20H39NOSi. The minimum atomic E-state index is -1.66. The largest absolute Gasteiger partial charge is 0.339 e. The third-order valence-electron chi connectivity index (χ3n) is 5.89. The lowest BCUT2D eigenvalue weighted by Gasteiger charge is -2.41.